The summed E-state index contributed by atoms with van der Waals surface area (Å²) >= 11 is 0. The van der Waals surface area contributed by atoms with E-state index in [0.29, 0.717) is 6.42 Å². The molecule has 4 heteroatoms. The van der Waals surface area contributed by atoms with Crippen LogP contribution in [0, 0.1) is 6.92 Å². The molecule has 1 atom stereocenters. The highest BCUT2D eigenvalue weighted by atomic mass is 16.3. The van der Waals surface area contributed by atoms with Crippen molar-refractivity contribution in [3.8, 4) is 0 Å². The smallest absolute Gasteiger partial charge is 0.0861 e. The number of aliphatic hydroxyl groups excluding tert-OH is 1. The number of aryl methyl sites for hydroxylation is 2. The van der Waals surface area contributed by atoms with Crippen molar-refractivity contribution in [2.75, 3.05) is 0 Å². The maximum Gasteiger partial charge on any atom is 0.0861 e. The Bertz CT molecular complexity index is 746. The average molecular weight is 281 g/mol. The summed E-state index contributed by atoms with van der Waals surface area (Å²) in [6.45, 7) is 4.83. The average Bonchev–Trinajstić information content (AvgIpc) is 2.86. The van der Waals surface area contributed by atoms with Crippen LogP contribution in [0.4, 0.5) is 0 Å². The van der Waals surface area contributed by atoms with Crippen LogP contribution in [0.3, 0.4) is 0 Å². The number of fused-ring (bicyclic) bond motifs is 1. The molecule has 0 aliphatic rings. The normalized spacial score (nSPS) is 12.7. The first-order valence-electron chi connectivity index (χ1n) is 7.24. The zero-order valence-electron chi connectivity index (χ0n) is 12.3. The van der Waals surface area contributed by atoms with Gasteiger partial charge in [0.05, 0.1) is 17.3 Å². The van der Waals surface area contributed by atoms with Crippen LogP contribution in [0.1, 0.15) is 30.0 Å². The fourth-order valence-electron chi connectivity index (χ4n) is 2.57. The van der Waals surface area contributed by atoms with Gasteiger partial charge in [0.25, 0.3) is 0 Å². The molecule has 0 saturated carbocycles. The SMILES string of the molecule is CCn1nc(CC(O)c2ccc(C)nc2)c2ccccc21. The van der Waals surface area contributed by atoms with E-state index in [-0.39, 0.29) is 0 Å². The van der Waals surface area contributed by atoms with Crippen LogP contribution in [-0.2, 0) is 13.0 Å². The van der Waals surface area contributed by atoms with E-state index in [4.69, 9.17) is 0 Å². The molecule has 3 rings (SSSR count). The Hall–Kier alpha value is -2.20. The minimum absolute atomic E-state index is 0.498. The lowest BCUT2D eigenvalue weighted by Gasteiger charge is -2.09. The van der Waals surface area contributed by atoms with Gasteiger partial charge >= 0.3 is 0 Å². The molecule has 0 aliphatic carbocycles. The maximum absolute atomic E-state index is 10.4. The molecule has 1 N–H and O–H groups in total. The number of aliphatic hydroxyl groups is 1. The fraction of sp³-hybridized carbons (Fsp3) is 0.294. The van der Waals surface area contributed by atoms with Crippen LogP contribution in [0.15, 0.2) is 42.6 Å². The lowest BCUT2D eigenvalue weighted by Crippen LogP contribution is -2.04. The Morgan fingerprint density at radius 3 is 2.71 bits per heavy atom. The molecule has 0 radical (unpaired) electrons. The van der Waals surface area contributed by atoms with Crippen molar-refractivity contribution in [2.45, 2.75) is 32.9 Å². The monoisotopic (exact) mass is 281 g/mol. The van der Waals surface area contributed by atoms with Crippen molar-refractivity contribution in [1.82, 2.24) is 14.8 Å². The Morgan fingerprint density at radius 1 is 1.19 bits per heavy atom. The van der Waals surface area contributed by atoms with Gasteiger partial charge in [-0.2, -0.15) is 5.10 Å². The van der Waals surface area contributed by atoms with Crippen molar-refractivity contribution in [3.05, 3.63) is 59.5 Å². The molecule has 108 valence electrons. The van der Waals surface area contributed by atoms with Crippen LogP contribution < -0.4 is 0 Å². The van der Waals surface area contributed by atoms with E-state index in [1.807, 2.05) is 35.9 Å². The number of rotatable bonds is 4. The molecule has 21 heavy (non-hydrogen) atoms. The van der Waals surface area contributed by atoms with Gasteiger partial charge in [0.15, 0.2) is 0 Å². The zero-order valence-corrected chi connectivity index (χ0v) is 12.3. The van der Waals surface area contributed by atoms with Crippen LogP contribution in [0.5, 0.6) is 0 Å². The summed E-state index contributed by atoms with van der Waals surface area (Å²) in [6.07, 6.45) is 1.65. The largest absolute Gasteiger partial charge is 0.388 e. The summed E-state index contributed by atoms with van der Waals surface area (Å²) in [5, 5.41) is 16.2. The first kappa shape index (κ1) is 13.8. The van der Waals surface area contributed by atoms with Crippen molar-refractivity contribution in [2.24, 2.45) is 0 Å². The third kappa shape index (κ3) is 2.67. The van der Waals surface area contributed by atoms with Gasteiger partial charge in [-0.1, -0.05) is 24.3 Å². The topological polar surface area (TPSA) is 50.9 Å². The quantitative estimate of drug-likeness (QED) is 0.799. The van der Waals surface area contributed by atoms with E-state index in [9.17, 15) is 5.11 Å². The molecule has 1 aromatic carbocycles. The van der Waals surface area contributed by atoms with Gasteiger partial charge in [-0.05, 0) is 31.5 Å². The third-order valence-electron chi connectivity index (χ3n) is 3.74. The predicted molar refractivity (Wildman–Crippen MR) is 83.0 cm³/mol. The minimum Gasteiger partial charge on any atom is -0.388 e. The Balaban J connectivity index is 1.92. The van der Waals surface area contributed by atoms with E-state index in [1.54, 1.807) is 6.20 Å². The predicted octanol–water partition coefficient (Wildman–Crippen LogP) is 3.04. The van der Waals surface area contributed by atoms with Crippen LogP contribution >= 0.6 is 0 Å². The van der Waals surface area contributed by atoms with E-state index in [0.717, 1.165) is 34.4 Å². The van der Waals surface area contributed by atoms with E-state index < -0.39 is 6.10 Å². The number of para-hydroxylation sites is 1. The molecule has 2 aromatic heterocycles. The van der Waals surface area contributed by atoms with Crippen LogP contribution in [0.2, 0.25) is 0 Å². The Labute approximate surface area is 124 Å². The van der Waals surface area contributed by atoms with Gasteiger partial charge in [-0.15, -0.1) is 0 Å². The first-order chi connectivity index (χ1) is 10.2. The van der Waals surface area contributed by atoms with Crippen molar-refractivity contribution < 1.29 is 5.11 Å². The van der Waals surface area contributed by atoms with Gasteiger partial charge in [-0.25, -0.2) is 0 Å². The van der Waals surface area contributed by atoms with E-state index in [2.05, 4.69) is 29.1 Å². The molecule has 0 amide bonds. The second kappa shape index (κ2) is 5.66. The second-order valence-corrected chi connectivity index (χ2v) is 5.23. The van der Waals surface area contributed by atoms with E-state index >= 15 is 0 Å². The maximum atomic E-state index is 10.4. The highest BCUT2D eigenvalue weighted by Gasteiger charge is 2.15. The first-order valence-corrected chi connectivity index (χ1v) is 7.24. The summed E-state index contributed by atoms with van der Waals surface area (Å²) in [6, 6.07) is 12.0. The number of hydrogen-bond acceptors (Lipinski definition) is 3. The number of pyridine rings is 1. The number of benzene rings is 1. The Morgan fingerprint density at radius 2 is 2.00 bits per heavy atom. The summed E-state index contributed by atoms with van der Waals surface area (Å²) in [4.78, 5) is 4.24. The van der Waals surface area contributed by atoms with Gasteiger partial charge < -0.3 is 5.11 Å². The molecular weight excluding hydrogens is 262 g/mol. The van der Waals surface area contributed by atoms with Gasteiger partial charge in [0.2, 0.25) is 0 Å². The summed E-state index contributed by atoms with van der Waals surface area (Å²) in [7, 11) is 0. The van der Waals surface area contributed by atoms with E-state index in [1.165, 1.54) is 0 Å². The second-order valence-electron chi connectivity index (χ2n) is 5.23. The lowest BCUT2D eigenvalue weighted by atomic mass is 10.0. The van der Waals surface area contributed by atoms with Crippen LogP contribution in [-0.4, -0.2) is 19.9 Å². The minimum atomic E-state index is -0.582. The molecule has 0 bridgehead atoms. The molecule has 0 fully saturated rings. The molecule has 0 aliphatic heterocycles. The highest BCUT2D eigenvalue weighted by molar-refractivity contribution is 5.82. The van der Waals surface area contributed by atoms with Crippen LogP contribution in [0.25, 0.3) is 10.9 Å². The standard InChI is InChI=1S/C17H19N3O/c1-3-20-16-7-5-4-6-14(16)15(19-20)10-17(21)13-9-8-12(2)18-11-13/h4-9,11,17,21H,3,10H2,1-2H3. The fourth-order valence-corrected chi connectivity index (χ4v) is 2.57. The summed E-state index contributed by atoms with van der Waals surface area (Å²) in [5.41, 5.74) is 3.83. The van der Waals surface area contributed by atoms with Gasteiger partial charge in [0, 0.05) is 30.2 Å². The molecule has 0 spiro atoms. The van der Waals surface area contributed by atoms with Gasteiger partial charge in [-0.3, -0.25) is 9.67 Å². The molecule has 2 heterocycles. The number of nitrogens with zero attached hydrogens (tertiary/aromatic N) is 3. The summed E-state index contributed by atoms with van der Waals surface area (Å²) < 4.78 is 1.98. The zero-order chi connectivity index (χ0) is 14.8. The summed E-state index contributed by atoms with van der Waals surface area (Å²) in [5.74, 6) is 0. The van der Waals surface area contributed by atoms with Crippen molar-refractivity contribution in [3.63, 3.8) is 0 Å². The van der Waals surface area contributed by atoms with Crippen molar-refractivity contribution >= 4 is 10.9 Å². The molecule has 3 aromatic rings. The van der Waals surface area contributed by atoms with Gasteiger partial charge in [0.1, 0.15) is 0 Å². The molecule has 4 nitrogen and oxygen atoms in total. The third-order valence-corrected chi connectivity index (χ3v) is 3.74. The molecular formula is C17H19N3O. The highest BCUT2D eigenvalue weighted by Crippen LogP contribution is 2.24. The van der Waals surface area contributed by atoms with Crippen molar-refractivity contribution in [1.29, 1.82) is 0 Å². The molecule has 1 unspecified atom stereocenters. The molecule has 0 saturated heterocycles. The number of aromatic nitrogens is 3. The lowest BCUT2D eigenvalue weighted by molar-refractivity contribution is 0.177. The Kier molecular flexibility index (Phi) is 3.71. The number of hydrogen-bond donors (Lipinski definition) is 1.